The van der Waals surface area contributed by atoms with Gasteiger partial charge in [0, 0.05) is 20.3 Å². The quantitative estimate of drug-likeness (QED) is 0.318. The molecule has 0 saturated heterocycles. The molecule has 0 aliphatic rings. The number of quaternary nitrogens is 1. The Kier molecular flexibility index (Phi) is 5.14. The molecule has 0 rings (SSSR count). The van der Waals surface area contributed by atoms with Crippen LogP contribution in [0.2, 0.25) is 0 Å². The lowest BCUT2D eigenvalue weighted by molar-refractivity contribution is -0.941. The summed E-state index contributed by atoms with van der Waals surface area (Å²) in [5.41, 5.74) is 3.16. The maximum absolute atomic E-state index is 10.9. The first kappa shape index (κ1) is 15.1. The van der Waals surface area contributed by atoms with Crippen molar-refractivity contribution < 1.29 is 19.4 Å². The van der Waals surface area contributed by atoms with Crippen LogP contribution in [0.25, 0.3) is 0 Å². The molecule has 0 radical (unpaired) electrons. The molecule has 0 aromatic rings. The molecule has 0 aliphatic carbocycles. The van der Waals surface area contributed by atoms with E-state index in [0.29, 0.717) is 6.42 Å². The van der Waals surface area contributed by atoms with E-state index < -0.39 is 22.6 Å². The topological polar surface area (TPSA) is 115 Å². The molecule has 0 heterocycles. The molecule has 0 aromatic carbocycles. The van der Waals surface area contributed by atoms with E-state index in [1.54, 1.807) is 27.7 Å². The predicted octanol–water partition coefficient (Wildman–Crippen LogP) is -0.740. The molecule has 0 aliphatic heterocycles. The number of carbonyl (C=O) groups is 1. The normalized spacial score (nSPS) is 14.6. The molecule has 0 fully saturated rings. The highest BCUT2D eigenvalue weighted by Crippen LogP contribution is 2.15. The zero-order valence-corrected chi connectivity index (χ0v) is 10.2. The summed E-state index contributed by atoms with van der Waals surface area (Å²) in [5, 5.41) is 10.4. The van der Waals surface area contributed by atoms with Crippen molar-refractivity contribution in [2.45, 2.75) is 45.4 Å². The molecule has 0 bridgehead atoms. The fraction of sp³-hybridized carbons (Fsp3) is 0.889. The highest BCUT2D eigenvalue weighted by Gasteiger charge is 2.27. The highest BCUT2D eigenvalue weighted by atomic mass is 16.6. The molecular formula is C9H21N3O4. The van der Waals surface area contributed by atoms with E-state index in [1.165, 1.54) is 0 Å². The van der Waals surface area contributed by atoms with E-state index in [1.807, 2.05) is 0 Å². The first-order valence-corrected chi connectivity index (χ1v) is 4.99. The predicted molar refractivity (Wildman–Crippen MR) is 57.9 cm³/mol. The monoisotopic (exact) mass is 235 g/mol. The van der Waals surface area contributed by atoms with Crippen LogP contribution < -0.4 is 16.7 Å². The first-order chi connectivity index (χ1) is 7.07. The molecule has 7 nitrogen and oxygen atoms in total. The molecule has 1 unspecified atom stereocenters. The molecule has 16 heavy (non-hydrogen) atoms. The van der Waals surface area contributed by atoms with Gasteiger partial charge in [-0.15, -0.1) is 0 Å². The second kappa shape index (κ2) is 5.44. The maximum Gasteiger partial charge on any atom is 0.405 e. The Morgan fingerprint density at radius 3 is 2.25 bits per heavy atom. The molecule has 0 saturated carbocycles. The number of ether oxygens (including phenoxy) is 2. The van der Waals surface area contributed by atoms with E-state index in [4.69, 9.17) is 21.1 Å². The molecule has 5 N–H and O–H groups in total. The molecule has 1 atom stereocenters. The minimum absolute atomic E-state index is 0.246. The van der Waals surface area contributed by atoms with Crippen LogP contribution in [0, 0.1) is 5.21 Å². The van der Waals surface area contributed by atoms with E-state index in [9.17, 15) is 10.0 Å². The summed E-state index contributed by atoms with van der Waals surface area (Å²) in [7, 11) is 0. The van der Waals surface area contributed by atoms with Crippen molar-refractivity contribution >= 4 is 6.09 Å². The van der Waals surface area contributed by atoms with Crippen LogP contribution in [-0.2, 0) is 9.47 Å². The van der Waals surface area contributed by atoms with Gasteiger partial charge in [-0.05, 0) is 13.8 Å². The van der Waals surface area contributed by atoms with E-state index in [0.717, 1.165) is 0 Å². The number of nitrogens with one attached hydrogen (secondary N) is 1. The lowest BCUT2D eigenvalue weighted by atomic mass is 10.1. The van der Waals surface area contributed by atoms with Crippen molar-refractivity contribution in [1.29, 1.82) is 0 Å². The molecule has 7 heteroatoms. The highest BCUT2D eigenvalue weighted by molar-refractivity contribution is 5.65. The molecular weight excluding hydrogens is 214 g/mol. The summed E-state index contributed by atoms with van der Waals surface area (Å²) in [6, 6.07) is 0. The third-order valence-electron chi connectivity index (χ3n) is 2.14. The number of hydroxylamine groups is 1. The molecule has 0 spiro atoms. The standard InChI is InChI=1S/C9H21N3O4/c1-8(2,16-7(10)13)5-6-15-9(3,4)12(11)14/h12H,5-6,11H2,1-4H3,(H2,10,13). The van der Waals surface area contributed by atoms with Crippen molar-refractivity contribution in [3.8, 4) is 0 Å². The van der Waals surface area contributed by atoms with Crippen LogP contribution in [0.5, 0.6) is 0 Å². The number of hydrogen-bond acceptors (Lipinski definition) is 5. The van der Waals surface area contributed by atoms with Gasteiger partial charge in [-0.2, -0.15) is 5.84 Å². The Morgan fingerprint density at radius 2 is 1.88 bits per heavy atom. The fourth-order valence-electron chi connectivity index (χ4n) is 0.946. The molecule has 1 amide bonds. The van der Waals surface area contributed by atoms with Crippen molar-refractivity contribution in [2.75, 3.05) is 6.61 Å². The van der Waals surface area contributed by atoms with Gasteiger partial charge in [-0.3, -0.25) is 5.17 Å². The van der Waals surface area contributed by atoms with Gasteiger partial charge in [0.05, 0.1) is 6.61 Å². The second-order valence-electron chi connectivity index (χ2n) is 4.65. The number of carbonyl (C=O) groups excluding carboxylic acids is 1. The fourth-order valence-corrected chi connectivity index (χ4v) is 0.946. The van der Waals surface area contributed by atoms with Gasteiger partial charge in [0.2, 0.25) is 5.72 Å². The average Bonchev–Trinajstić information content (AvgIpc) is 1.99. The van der Waals surface area contributed by atoms with Gasteiger partial charge in [0.15, 0.2) is 0 Å². The van der Waals surface area contributed by atoms with Crippen LogP contribution in [0.4, 0.5) is 4.79 Å². The number of hydrogen-bond donors (Lipinski definition) is 3. The number of rotatable bonds is 6. The Balaban J connectivity index is 4.02. The van der Waals surface area contributed by atoms with E-state index in [2.05, 4.69) is 0 Å². The van der Waals surface area contributed by atoms with Crippen molar-refractivity contribution in [3.63, 3.8) is 0 Å². The Bertz CT molecular complexity index is 241. The van der Waals surface area contributed by atoms with Gasteiger partial charge >= 0.3 is 6.09 Å². The Hall–Kier alpha value is -0.890. The summed E-state index contributed by atoms with van der Waals surface area (Å²) in [6.07, 6.45) is -0.411. The molecule has 96 valence electrons. The van der Waals surface area contributed by atoms with Crippen LogP contribution in [-0.4, -0.2) is 24.0 Å². The zero-order chi connectivity index (χ0) is 13.0. The smallest absolute Gasteiger partial charge is 0.405 e. The van der Waals surface area contributed by atoms with Crippen molar-refractivity contribution in [3.05, 3.63) is 5.21 Å². The molecule has 0 aromatic heterocycles. The third-order valence-corrected chi connectivity index (χ3v) is 2.14. The summed E-state index contributed by atoms with van der Waals surface area (Å²) < 4.78 is 10.2. The largest absolute Gasteiger partial charge is 0.611 e. The van der Waals surface area contributed by atoms with Crippen molar-refractivity contribution in [2.24, 2.45) is 11.6 Å². The van der Waals surface area contributed by atoms with Crippen LogP contribution in [0.3, 0.4) is 0 Å². The number of nitrogens with two attached hydrogens (primary N) is 2. The lowest BCUT2D eigenvalue weighted by Crippen LogP contribution is -3.20. The summed E-state index contributed by atoms with van der Waals surface area (Å²) in [4.78, 5) is 10.6. The minimum Gasteiger partial charge on any atom is -0.611 e. The van der Waals surface area contributed by atoms with Crippen LogP contribution in [0.15, 0.2) is 0 Å². The van der Waals surface area contributed by atoms with Gasteiger partial charge in [-0.1, -0.05) is 0 Å². The van der Waals surface area contributed by atoms with E-state index in [-0.39, 0.29) is 6.61 Å². The summed E-state index contributed by atoms with van der Waals surface area (Å²) >= 11 is 0. The SMILES string of the molecule is CC(C)(CCOC(C)(C)[NH+](N)[O-])OC(N)=O. The average molecular weight is 235 g/mol. The minimum atomic E-state index is -1.02. The number of primary amides is 1. The Morgan fingerprint density at radius 1 is 1.38 bits per heavy atom. The third kappa shape index (κ3) is 5.86. The first-order valence-electron chi connectivity index (χ1n) is 4.99. The zero-order valence-electron chi connectivity index (χ0n) is 10.2. The number of amides is 1. The van der Waals surface area contributed by atoms with Crippen LogP contribution >= 0.6 is 0 Å². The van der Waals surface area contributed by atoms with Gasteiger partial charge in [-0.25, -0.2) is 4.79 Å². The van der Waals surface area contributed by atoms with Gasteiger partial charge in [0.25, 0.3) is 0 Å². The van der Waals surface area contributed by atoms with E-state index >= 15 is 0 Å². The van der Waals surface area contributed by atoms with Gasteiger partial charge < -0.3 is 20.4 Å². The van der Waals surface area contributed by atoms with Crippen LogP contribution in [0.1, 0.15) is 34.1 Å². The Labute approximate surface area is 95.2 Å². The summed E-state index contributed by atoms with van der Waals surface area (Å²) in [5.74, 6) is 5.13. The van der Waals surface area contributed by atoms with Crippen molar-refractivity contribution in [1.82, 2.24) is 0 Å². The van der Waals surface area contributed by atoms with Gasteiger partial charge in [0.1, 0.15) is 5.60 Å². The second-order valence-corrected chi connectivity index (χ2v) is 4.65. The lowest BCUT2D eigenvalue weighted by Gasteiger charge is -2.34. The maximum atomic E-state index is 10.9. The summed E-state index contributed by atoms with van der Waals surface area (Å²) in [6.45, 7) is 6.82.